The van der Waals surface area contributed by atoms with Crippen LogP contribution in [0.25, 0.3) is 0 Å². The van der Waals surface area contributed by atoms with Gasteiger partial charge in [0.1, 0.15) is 6.61 Å². The number of nitrogens with zero attached hydrogens (tertiary/aromatic N) is 2. The zero-order valence-corrected chi connectivity index (χ0v) is 14.5. The maximum absolute atomic E-state index is 12.3. The van der Waals surface area contributed by atoms with Crippen molar-refractivity contribution in [3.8, 4) is 0 Å². The quantitative estimate of drug-likeness (QED) is 0.812. The molecule has 1 N–H and O–H groups in total. The lowest BCUT2D eigenvalue weighted by Gasteiger charge is -2.32. The molecule has 1 atom stereocenters. The number of hydrogen-bond donors (Lipinski definition) is 1. The van der Waals surface area contributed by atoms with Gasteiger partial charge in [0.15, 0.2) is 0 Å². The molecule has 0 aromatic heterocycles. The normalized spacial score (nSPS) is 17.4. The standard InChI is InChI=1S/C18H27N3O3/c1-20(16-8-4-3-5-9-16)12-10-19-18(23)15-7-6-11-21(13-15)17(22)14-24-2/h3-5,8-9,15H,6-7,10-14H2,1-2H3,(H,19,23)/t15-/m0/s1. The van der Waals surface area contributed by atoms with Gasteiger partial charge in [-0.25, -0.2) is 0 Å². The first-order valence-corrected chi connectivity index (χ1v) is 8.42. The molecule has 0 unspecified atom stereocenters. The number of carbonyl (C=O) groups is 2. The minimum atomic E-state index is -0.124. The number of rotatable bonds is 7. The van der Waals surface area contributed by atoms with Crippen molar-refractivity contribution in [2.45, 2.75) is 12.8 Å². The molecule has 132 valence electrons. The Hall–Kier alpha value is -2.08. The van der Waals surface area contributed by atoms with Crippen LogP contribution in [-0.4, -0.2) is 63.7 Å². The number of hydrogen-bond acceptors (Lipinski definition) is 4. The molecule has 2 amide bonds. The van der Waals surface area contributed by atoms with Crippen molar-refractivity contribution in [2.24, 2.45) is 5.92 Å². The van der Waals surface area contributed by atoms with Crippen molar-refractivity contribution >= 4 is 17.5 Å². The average Bonchev–Trinajstić information content (AvgIpc) is 2.62. The second-order valence-electron chi connectivity index (χ2n) is 6.16. The summed E-state index contributed by atoms with van der Waals surface area (Å²) in [7, 11) is 3.52. The number of likely N-dealkylation sites (N-methyl/N-ethyl adjacent to an activating group) is 1. The number of benzene rings is 1. The third-order valence-electron chi connectivity index (χ3n) is 4.36. The summed E-state index contributed by atoms with van der Waals surface area (Å²) < 4.78 is 4.89. The monoisotopic (exact) mass is 333 g/mol. The van der Waals surface area contributed by atoms with Crippen LogP contribution in [0.1, 0.15) is 12.8 Å². The first kappa shape index (κ1) is 18.3. The molecule has 1 fully saturated rings. The van der Waals surface area contributed by atoms with Crippen LogP contribution in [0.5, 0.6) is 0 Å². The molecule has 1 aromatic carbocycles. The number of ether oxygens (including phenoxy) is 1. The summed E-state index contributed by atoms with van der Waals surface area (Å²) in [6.07, 6.45) is 1.69. The highest BCUT2D eigenvalue weighted by Gasteiger charge is 2.28. The van der Waals surface area contributed by atoms with Gasteiger partial charge in [-0.15, -0.1) is 0 Å². The highest BCUT2D eigenvalue weighted by atomic mass is 16.5. The van der Waals surface area contributed by atoms with Gasteiger partial charge in [-0.1, -0.05) is 18.2 Å². The maximum atomic E-state index is 12.3. The van der Waals surface area contributed by atoms with Gasteiger partial charge in [-0.3, -0.25) is 9.59 Å². The highest BCUT2D eigenvalue weighted by molar-refractivity contribution is 5.81. The Balaban J connectivity index is 1.75. The SMILES string of the molecule is COCC(=O)N1CCC[C@H](C(=O)NCCN(C)c2ccccc2)C1. The summed E-state index contributed by atoms with van der Waals surface area (Å²) in [5.74, 6) is -0.133. The molecule has 1 aromatic rings. The summed E-state index contributed by atoms with van der Waals surface area (Å²) in [5, 5.41) is 2.99. The van der Waals surface area contributed by atoms with Gasteiger partial charge in [0.05, 0.1) is 5.92 Å². The van der Waals surface area contributed by atoms with E-state index in [0.717, 1.165) is 25.1 Å². The fourth-order valence-electron chi connectivity index (χ4n) is 2.94. The topological polar surface area (TPSA) is 61.9 Å². The van der Waals surface area contributed by atoms with E-state index in [4.69, 9.17) is 4.74 Å². The molecule has 0 spiro atoms. The predicted octanol–water partition coefficient (Wildman–Crippen LogP) is 1.12. The minimum Gasteiger partial charge on any atom is -0.375 e. The molecule has 1 aliphatic heterocycles. The van der Waals surface area contributed by atoms with E-state index in [0.29, 0.717) is 19.6 Å². The van der Waals surface area contributed by atoms with Gasteiger partial charge < -0.3 is 19.9 Å². The van der Waals surface area contributed by atoms with E-state index in [1.165, 1.54) is 7.11 Å². The fraction of sp³-hybridized carbons (Fsp3) is 0.556. The maximum Gasteiger partial charge on any atom is 0.248 e. The van der Waals surface area contributed by atoms with Crippen LogP contribution in [0.2, 0.25) is 0 Å². The van der Waals surface area contributed by atoms with Crippen LogP contribution < -0.4 is 10.2 Å². The summed E-state index contributed by atoms with van der Waals surface area (Å²) >= 11 is 0. The average molecular weight is 333 g/mol. The van der Waals surface area contributed by atoms with Crippen molar-refractivity contribution in [1.29, 1.82) is 0 Å². The van der Waals surface area contributed by atoms with E-state index < -0.39 is 0 Å². The first-order valence-electron chi connectivity index (χ1n) is 8.42. The number of para-hydroxylation sites is 1. The Labute approximate surface area is 143 Å². The third-order valence-corrected chi connectivity index (χ3v) is 4.36. The molecule has 1 aliphatic rings. The fourth-order valence-corrected chi connectivity index (χ4v) is 2.94. The van der Waals surface area contributed by atoms with Gasteiger partial charge in [0.2, 0.25) is 11.8 Å². The first-order chi connectivity index (χ1) is 11.6. The highest BCUT2D eigenvalue weighted by Crippen LogP contribution is 2.17. The Kier molecular flexibility index (Phi) is 7.06. The third kappa shape index (κ3) is 5.23. The molecular formula is C18H27N3O3. The largest absolute Gasteiger partial charge is 0.375 e. The van der Waals surface area contributed by atoms with E-state index >= 15 is 0 Å². The van der Waals surface area contributed by atoms with Gasteiger partial charge in [0, 0.05) is 46.0 Å². The van der Waals surface area contributed by atoms with E-state index in [2.05, 4.69) is 10.2 Å². The Morgan fingerprint density at radius 2 is 2.08 bits per heavy atom. The second-order valence-corrected chi connectivity index (χ2v) is 6.16. The molecule has 0 bridgehead atoms. The number of amides is 2. The Bertz CT molecular complexity index is 536. The molecule has 0 aliphatic carbocycles. The van der Waals surface area contributed by atoms with Gasteiger partial charge in [0.25, 0.3) is 0 Å². The van der Waals surface area contributed by atoms with E-state index in [1.807, 2.05) is 37.4 Å². The Morgan fingerprint density at radius 3 is 2.79 bits per heavy atom. The smallest absolute Gasteiger partial charge is 0.248 e. The lowest BCUT2D eigenvalue weighted by atomic mass is 9.97. The van der Waals surface area contributed by atoms with Gasteiger partial charge in [-0.05, 0) is 25.0 Å². The Morgan fingerprint density at radius 1 is 1.33 bits per heavy atom. The molecule has 0 saturated carbocycles. The van der Waals surface area contributed by atoms with Gasteiger partial charge >= 0.3 is 0 Å². The van der Waals surface area contributed by atoms with Crippen molar-refractivity contribution in [2.75, 3.05) is 51.8 Å². The van der Waals surface area contributed by atoms with E-state index in [-0.39, 0.29) is 24.3 Å². The zero-order valence-electron chi connectivity index (χ0n) is 14.5. The lowest BCUT2D eigenvalue weighted by molar-refractivity contribution is -0.138. The lowest BCUT2D eigenvalue weighted by Crippen LogP contribution is -2.47. The summed E-state index contributed by atoms with van der Waals surface area (Å²) in [4.78, 5) is 28.1. The molecule has 24 heavy (non-hydrogen) atoms. The predicted molar refractivity (Wildman–Crippen MR) is 93.9 cm³/mol. The van der Waals surface area contributed by atoms with Crippen LogP contribution in [0.15, 0.2) is 30.3 Å². The van der Waals surface area contributed by atoms with Crippen LogP contribution in [0.4, 0.5) is 5.69 Å². The number of anilines is 1. The molecule has 2 rings (SSSR count). The molecule has 6 nitrogen and oxygen atoms in total. The van der Waals surface area contributed by atoms with Crippen molar-refractivity contribution in [3.63, 3.8) is 0 Å². The molecule has 1 heterocycles. The van der Waals surface area contributed by atoms with Crippen molar-refractivity contribution in [1.82, 2.24) is 10.2 Å². The van der Waals surface area contributed by atoms with Crippen LogP contribution in [0, 0.1) is 5.92 Å². The van der Waals surface area contributed by atoms with Crippen LogP contribution in [-0.2, 0) is 14.3 Å². The second kappa shape index (κ2) is 9.27. The minimum absolute atomic E-state index is 0.0337. The van der Waals surface area contributed by atoms with Crippen LogP contribution in [0.3, 0.4) is 0 Å². The number of nitrogens with one attached hydrogen (secondary N) is 1. The molecule has 1 saturated heterocycles. The van der Waals surface area contributed by atoms with Crippen LogP contribution >= 0.6 is 0 Å². The number of carbonyl (C=O) groups excluding carboxylic acids is 2. The van der Waals surface area contributed by atoms with E-state index in [9.17, 15) is 9.59 Å². The van der Waals surface area contributed by atoms with Gasteiger partial charge in [-0.2, -0.15) is 0 Å². The summed E-state index contributed by atoms with van der Waals surface area (Å²) in [6.45, 7) is 2.61. The summed E-state index contributed by atoms with van der Waals surface area (Å²) in [5.41, 5.74) is 1.13. The number of piperidine rings is 1. The van der Waals surface area contributed by atoms with E-state index in [1.54, 1.807) is 4.90 Å². The number of methoxy groups -OCH3 is 1. The molecule has 6 heteroatoms. The van der Waals surface area contributed by atoms with Crippen molar-refractivity contribution < 1.29 is 14.3 Å². The molecule has 0 radical (unpaired) electrons. The zero-order chi connectivity index (χ0) is 17.4. The molecular weight excluding hydrogens is 306 g/mol. The van der Waals surface area contributed by atoms with Crippen molar-refractivity contribution in [3.05, 3.63) is 30.3 Å². The number of likely N-dealkylation sites (tertiary alicyclic amines) is 1. The summed E-state index contributed by atoms with van der Waals surface area (Å²) in [6, 6.07) is 10.1.